The van der Waals surface area contributed by atoms with Gasteiger partial charge in [-0.3, -0.25) is 5.84 Å². The lowest BCUT2D eigenvalue weighted by atomic mass is 9.79. The van der Waals surface area contributed by atoms with Gasteiger partial charge in [0.05, 0.1) is 12.6 Å². The van der Waals surface area contributed by atoms with Gasteiger partial charge in [-0.2, -0.15) is 0 Å². The molecule has 0 aromatic heterocycles. The third kappa shape index (κ3) is 1.86. The van der Waals surface area contributed by atoms with E-state index in [1.807, 2.05) is 0 Å². The van der Waals surface area contributed by atoms with Crippen LogP contribution >= 0.6 is 0 Å². The van der Waals surface area contributed by atoms with Crippen LogP contribution in [0.15, 0.2) is 11.8 Å². The van der Waals surface area contributed by atoms with Crippen LogP contribution in [0.5, 0.6) is 0 Å². The summed E-state index contributed by atoms with van der Waals surface area (Å²) >= 11 is 0. The van der Waals surface area contributed by atoms with Gasteiger partial charge in [-0.1, -0.05) is 6.42 Å². The van der Waals surface area contributed by atoms with Crippen LogP contribution in [-0.2, 0) is 4.74 Å². The topological polar surface area (TPSA) is 47.3 Å². The quantitative estimate of drug-likeness (QED) is 0.511. The third-order valence-corrected chi connectivity index (χ3v) is 3.07. The molecule has 1 aliphatic heterocycles. The van der Waals surface area contributed by atoms with E-state index in [1.54, 1.807) is 0 Å². The zero-order valence-corrected chi connectivity index (χ0v) is 7.96. The standard InChI is InChI=1S/C10H18N2O/c11-12-10(8-4-3-5-8)9-6-1-2-7-13-9/h6,8,10,12H,1-5,7,11H2. The highest BCUT2D eigenvalue weighted by molar-refractivity contribution is 5.08. The molecular formula is C10H18N2O. The second kappa shape index (κ2) is 4.11. The Bertz CT molecular complexity index is 199. The summed E-state index contributed by atoms with van der Waals surface area (Å²) in [6.07, 6.45) is 8.39. The molecular weight excluding hydrogens is 164 g/mol. The van der Waals surface area contributed by atoms with Gasteiger partial charge < -0.3 is 4.74 Å². The van der Waals surface area contributed by atoms with E-state index in [0.29, 0.717) is 5.92 Å². The van der Waals surface area contributed by atoms with E-state index < -0.39 is 0 Å². The number of allylic oxidation sites excluding steroid dienone is 1. The van der Waals surface area contributed by atoms with Gasteiger partial charge in [-0.25, -0.2) is 5.43 Å². The smallest absolute Gasteiger partial charge is 0.111 e. The highest BCUT2D eigenvalue weighted by Crippen LogP contribution is 2.33. The van der Waals surface area contributed by atoms with Crippen LogP contribution in [0, 0.1) is 5.92 Å². The van der Waals surface area contributed by atoms with Crippen molar-refractivity contribution in [1.29, 1.82) is 0 Å². The first-order valence-corrected chi connectivity index (χ1v) is 5.21. The number of hydrazine groups is 1. The number of ether oxygens (including phenoxy) is 1. The van der Waals surface area contributed by atoms with Crippen LogP contribution in [0.25, 0.3) is 0 Å². The Kier molecular flexibility index (Phi) is 2.86. The van der Waals surface area contributed by atoms with Gasteiger partial charge in [-0.05, 0) is 37.7 Å². The van der Waals surface area contributed by atoms with Crippen molar-refractivity contribution in [3.05, 3.63) is 11.8 Å². The maximum atomic E-state index is 5.61. The van der Waals surface area contributed by atoms with Crippen molar-refractivity contribution in [3.63, 3.8) is 0 Å². The first kappa shape index (κ1) is 9.03. The van der Waals surface area contributed by atoms with E-state index in [2.05, 4.69) is 11.5 Å². The van der Waals surface area contributed by atoms with E-state index in [4.69, 9.17) is 10.6 Å². The van der Waals surface area contributed by atoms with Crippen LogP contribution in [0.2, 0.25) is 0 Å². The zero-order valence-electron chi connectivity index (χ0n) is 7.96. The molecule has 1 unspecified atom stereocenters. The summed E-state index contributed by atoms with van der Waals surface area (Å²) in [5.74, 6) is 7.33. The fraction of sp³-hybridized carbons (Fsp3) is 0.800. The maximum absolute atomic E-state index is 5.61. The van der Waals surface area contributed by atoms with E-state index >= 15 is 0 Å². The molecule has 3 N–H and O–H groups in total. The van der Waals surface area contributed by atoms with Crippen molar-refractivity contribution in [2.45, 2.75) is 38.1 Å². The molecule has 1 atom stereocenters. The molecule has 74 valence electrons. The van der Waals surface area contributed by atoms with Gasteiger partial charge in [0.15, 0.2) is 0 Å². The number of nitrogens with one attached hydrogen (secondary N) is 1. The van der Waals surface area contributed by atoms with E-state index in [9.17, 15) is 0 Å². The molecule has 0 aromatic rings. The van der Waals surface area contributed by atoms with Gasteiger partial charge >= 0.3 is 0 Å². The Hall–Kier alpha value is -0.540. The van der Waals surface area contributed by atoms with Crippen LogP contribution < -0.4 is 11.3 Å². The van der Waals surface area contributed by atoms with Crippen LogP contribution in [0.4, 0.5) is 0 Å². The van der Waals surface area contributed by atoms with Gasteiger partial charge in [0, 0.05) is 0 Å². The largest absolute Gasteiger partial charge is 0.497 e. The fourth-order valence-corrected chi connectivity index (χ4v) is 2.02. The highest BCUT2D eigenvalue weighted by Gasteiger charge is 2.30. The second-order valence-electron chi connectivity index (χ2n) is 3.93. The van der Waals surface area contributed by atoms with Crippen molar-refractivity contribution in [3.8, 4) is 0 Å². The Labute approximate surface area is 79.3 Å². The minimum absolute atomic E-state index is 0.272. The van der Waals surface area contributed by atoms with Crippen LogP contribution in [-0.4, -0.2) is 12.6 Å². The van der Waals surface area contributed by atoms with E-state index in [-0.39, 0.29) is 6.04 Å². The zero-order chi connectivity index (χ0) is 9.10. The molecule has 0 aromatic carbocycles. The number of hydrogen-bond acceptors (Lipinski definition) is 3. The lowest BCUT2D eigenvalue weighted by Crippen LogP contribution is -2.45. The molecule has 0 saturated heterocycles. The molecule has 13 heavy (non-hydrogen) atoms. The van der Waals surface area contributed by atoms with Crippen molar-refractivity contribution in [1.82, 2.24) is 5.43 Å². The normalized spacial score (nSPS) is 25.8. The average Bonchev–Trinajstić information content (AvgIpc) is 2.12. The third-order valence-electron chi connectivity index (χ3n) is 3.07. The lowest BCUT2D eigenvalue weighted by molar-refractivity contribution is 0.128. The van der Waals surface area contributed by atoms with Crippen molar-refractivity contribution >= 4 is 0 Å². The van der Waals surface area contributed by atoms with Crippen molar-refractivity contribution in [2.75, 3.05) is 6.61 Å². The molecule has 3 nitrogen and oxygen atoms in total. The predicted molar refractivity (Wildman–Crippen MR) is 51.7 cm³/mol. The van der Waals surface area contributed by atoms with Crippen LogP contribution in [0.1, 0.15) is 32.1 Å². The summed E-state index contributed by atoms with van der Waals surface area (Å²) in [6.45, 7) is 0.858. The second-order valence-corrected chi connectivity index (χ2v) is 3.93. The summed E-state index contributed by atoms with van der Waals surface area (Å²) in [5, 5.41) is 0. The summed E-state index contributed by atoms with van der Waals surface area (Å²) in [5.41, 5.74) is 2.88. The molecule has 2 rings (SSSR count). The van der Waals surface area contributed by atoms with E-state index in [0.717, 1.165) is 25.2 Å². The summed E-state index contributed by atoms with van der Waals surface area (Å²) in [7, 11) is 0. The minimum atomic E-state index is 0.272. The Morgan fingerprint density at radius 3 is 2.77 bits per heavy atom. The summed E-state index contributed by atoms with van der Waals surface area (Å²) in [4.78, 5) is 0. The monoisotopic (exact) mass is 182 g/mol. The van der Waals surface area contributed by atoms with Gasteiger partial charge in [0.1, 0.15) is 5.76 Å². The molecule has 3 heteroatoms. The number of nitrogens with two attached hydrogens (primary N) is 1. The minimum Gasteiger partial charge on any atom is -0.497 e. The Morgan fingerprint density at radius 2 is 2.31 bits per heavy atom. The van der Waals surface area contributed by atoms with Crippen molar-refractivity contribution in [2.24, 2.45) is 11.8 Å². The predicted octanol–water partition coefficient (Wildman–Crippen LogP) is 1.31. The van der Waals surface area contributed by atoms with Gasteiger partial charge in [-0.15, -0.1) is 0 Å². The fourth-order valence-electron chi connectivity index (χ4n) is 2.02. The Balaban J connectivity index is 1.97. The maximum Gasteiger partial charge on any atom is 0.111 e. The molecule has 0 radical (unpaired) electrons. The first-order valence-electron chi connectivity index (χ1n) is 5.21. The molecule has 0 spiro atoms. The average molecular weight is 182 g/mol. The molecule has 1 saturated carbocycles. The van der Waals surface area contributed by atoms with Crippen molar-refractivity contribution < 1.29 is 4.74 Å². The summed E-state index contributed by atoms with van der Waals surface area (Å²) < 4.78 is 5.61. The van der Waals surface area contributed by atoms with Gasteiger partial charge in [0.25, 0.3) is 0 Å². The number of rotatable bonds is 3. The molecule has 1 fully saturated rings. The molecule has 0 bridgehead atoms. The molecule has 1 heterocycles. The summed E-state index contributed by atoms with van der Waals surface area (Å²) in [6, 6.07) is 0.272. The van der Waals surface area contributed by atoms with E-state index in [1.165, 1.54) is 19.3 Å². The Morgan fingerprint density at radius 1 is 1.46 bits per heavy atom. The molecule has 0 amide bonds. The molecule has 1 aliphatic carbocycles. The number of hydrogen-bond donors (Lipinski definition) is 2. The molecule has 2 aliphatic rings. The van der Waals surface area contributed by atoms with Crippen LogP contribution in [0.3, 0.4) is 0 Å². The van der Waals surface area contributed by atoms with Gasteiger partial charge in [0.2, 0.25) is 0 Å². The lowest BCUT2D eigenvalue weighted by Gasteiger charge is -2.35. The first-order chi connectivity index (χ1) is 6.42. The highest BCUT2D eigenvalue weighted by atomic mass is 16.5. The SMILES string of the molecule is NNC(C1=CCCCO1)C1CCC1.